The van der Waals surface area contributed by atoms with E-state index in [1.807, 2.05) is 38.1 Å². The first kappa shape index (κ1) is 19.6. The van der Waals surface area contributed by atoms with Crippen molar-refractivity contribution in [2.45, 2.75) is 32.9 Å². The summed E-state index contributed by atoms with van der Waals surface area (Å²) < 4.78 is 21.1. The summed E-state index contributed by atoms with van der Waals surface area (Å²) in [6, 6.07) is 6.82. The van der Waals surface area contributed by atoms with E-state index >= 15 is 0 Å². The highest BCUT2D eigenvalue weighted by Gasteiger charge is 2.19. The molecule has 0 aliphatic rings. The van der Waals surface area contributed by atoms with Gasteiger partial charge in [0.2, 0.25) is 11.7 Å². The molecule has 9 nitrogen and oxygen atoms in total. The number of methoxy groups -OCH3 is 1. The average molecular weight is 404 g/mol. The third-order valence-corrected chi connectivity index (χ3v) is 4.31. The summed E-state index contributed by atoms with van der Waals surface area (Å²) in [5.41, 5.74) is 0. The molecular weight excluding hydrogens is 384 g/mol. The fourth-order valence-electron chi connectivity index (χ4n) is 2.18. The maximum Gasteiger partial charge on any atom is 0.407 e. The van der Waals surface area contributed by atoms with Crippen LogP contribution in [-0.4, -0.2) is 34.4 Å². The van der Waals surface area contributed by atoms with Crippen molar-refractivity contribution >= 4 is 17.4 Å². The molecule has 2 heterocycles. The van der Waals surface area contributed by atoms with Gasteiger partial charge in [-0.15, -0.1) is 0 Å². The summed E-state index contributed by atoms with van der Waals surface area (Å²) in [7, 11) is 1.28. The number of nitrogens with zero attached hydrogens (tertiary/aromatic N) is 3. The van der Waals surface area contributed by atoms with E-state index < -0.39 is 12.1 Å². The normalized spacial score (nSPS) is 11.9. The molecule has 0 fully saturated rings. The van der Waals surface area contributed by atoms with Gasteiger partial charge in [0.15, 0.2) is 0 Å². The number of amides is 1. The van der Waals surface area contributed by atoms with Crippen molar-refractivity contribution < 1.29 is 23.5 Å². The summed E-state index contributed by atoms with van der Waals surface area (Å²) in [6.07, 6.45) is 1.13. The van der Waals surface area contributed by atoms with Crippen LogP contribution in [0.5, 0.6) is 16.7 Å². The largest absolute Gasteiger partial charge is 0.491 e. The maximum atomic E-state index is 11.3. The highest BCUT2D eigenvalue weighted by molar-refractivity contribution is 7.16. The number of aromatic nitrogens is 3. The standard InChI is InChI=1S/C18H20N4O5S/c1-10(2)25-12-5-7-13(8-6-12)26-18-19-9-14(28-18)15-21-16(27-22-15)11(3)20-17(23)24-4/h5-11H,1-4H3,(H,20,23). The maximum absolute atomic E-state index is 11.3. The minimum atomic E-state index is -0.578. The third-order valence-electron chi connectivity index (χ3n) is 3.44. The van der Waals surface area contributed by atoms with E-state index in [1.54, 1.807) is 13.1 Å². The Bertz CT molecular complexity index is 922. The van der Waals surface area contributed by atoms with Crippen molar-refractivity contribution in [1.82, 2.24) is 20.4 Å². The van der Waals surface area contributed by atoms with Crippen molar-refractivity contribution in [2.75, 3.05) is 7.11 Å². The molecule has 1 atom stereocenters. The zero-order chi connectivity index (χ0) is 20.1. The highest BCUT2D eigenvalue weighted by Crippen LogP contribution is 2.32. The Morgan fingerprint density at radius 1 is 1.18 bits per heavy atom. The van der Waals surface area contributed by atoms with Gasteiger partial charge in [-0.05, 0) is 45.0 Å². The average Bonchev–Trinajstić information content (AvgIpc) is 3.32. The first-order valence-corrected chi connectivity index (χ1v) is 9.35. The summed E-state index contributed by atoms with van der Waals surface area (Å²) in [5.74, 6) is 2.04. The summed E-state index contributed by atoms with van der Waals surface area (Å²) in [6.45, 7) is 5.65. The van der Waals surface area contributed by atoms with E-state index in [9.17, 15) is 4.79 Å². The molecule has 1 amide bonds. The van der Waals surface area contributed by atoms with E-state index in [2.05, 4.69) is 25.2 Å². The Kier molecular flexibility index (Phi) is 6.09. The Morgan fingerprint density at radius 3 is 2.57 bits per heavy atom. The molecule has 1 unspecified atom stereocenters. The lowest BCUT2D eigenvalue weighted by molar-refractivity contribution is 0.165. The van der Waals surface area contributed by atoms with Gasteiger partial charge in [0, 0.05) is 0 Å². The summed E-state index contributed by atoms with van der Waals surface area (Å²) >= 11 is 1.28. The van der Waals surface area contributed by atoms with Crippen LogP contribution in [0.15, 0.2) is 35.0 Å². The zero-order valence-electron chi connectivity index (χ0n) is 15.8. The van der Waals surface area contributed by atoms with E-state index in [-0.39, 0.29) is 12.0 Å². The minimum absolute atomic E-state index is 0.110. The number of hydrogen-bond donors (Lipinski definition) is 1. The summed E-state index contributed by atoms with van der Waals surface area (Å²) in [4.78, 5) is 20.4. The Hall–Kier alpha value is -3.14. The topological polar surface area (TPSA) is 109 Å². The first-order valence-electron chi connectivity index (χ1n) is 8.53. The van der Waals surface area contributed by atoms with Gasteiger partial charge >= 0.3 is 6.09 Å². The molecule has 0 spiro atoms. The van der Waals surface area contributed by atoms with Crippen LogP contribution in [0.4, 0.5) is 4.79 Å². The molecule has 0 bridgehead atoms. The van der Waals surface area contributed by atoms with Crippen LogP contribution in [0.2, 0.25) is 0 Å². The molecule has 3 rings (SSSR count). The number of nitrogens with one attached hydrogen (secondary N) is 1. The lowest BCUT2D eigenvalue weighted by Crippen LogP contribution is -2.26. The van der Waals surface area contributed by atoms with Crippen LogP contribution < -0.4 is 14.8 Å². The smallest absolute Gasteiger partial charge is 0.407 e. The fraction of sp³-hybridized carbons (Fsp3) is 0.333. The number of hydrogen-bond acceptors (Lipinski definition) is 9. The number of carbonyl (C=O) groups is 1. The van der Waals surface area contributed by atoms with Crippen molar-refractivity contribution in [2.24, 2.45) is 0 Å². The van der Waals surface area contributed by atoms with Crippen LogP contribution in [0.1, 0.15) is 32.7 Å². The van der Waals surface area contributed by atoms with Crippen LogP contribution in [0.25, 0.3) is 10.7 Å². The Labute approximate surface area is 165 Å². The van der Waals surface area contributed by atoms with Gasteiger partial charge in [-0.25, -0.2) is 9.78 Å². The summed E-state index contributed by atoms with van der Waals surface area (Å²) in [5, 5.41) is 6.92. The number of rotatable bonds is 7. The van der Waals surface area contributed by atoms with Crippen molar-refractivity contribution in [3.05, 3.63) is 36.4 Å². The second-order valence-corrected chi connectivity index (χ2v) is 7.04. The van der Waals surface area contributed by atoms with E-state index in [0.717, 1.165) is 5.75 Å². The van der Waals surface area contributed by atoms with Crippen LogP contribution in [0.3, 0.4) is 0 Å². The molecule has 1 aromatic carbocycles. The van der Waals surface area contributed by atoms with Gasteiger partial charge in [0.25, 0.3) is 5.19 Å². The minimum Gasteiger partial charge on any atom is -0.491 e. The van der Waals surface area contributed by atoms with Crippen LogP contribution >= 0.6 is 11.3 Å². The van der Waals surface area contributed by atoms with Crippen molar-refractivity contribution in [1.29, 1.82) is 0 Å². The molecule has 2 aromatic heterocycles. The highest BCUT2D eigenvalue weighted by atomic mass is 32.1. The third kappa shape index (κ3) is 4.97. The van der Waals surface area contributed by atoms with Crippen molar-refractivity contribution in [3.63, 3.8) is 0 Å². The molecule has 10 heteroatoms. The van der Waals surface area contributed by atoms with Crippen LogP contribution in [0, 0.1) is 0 Å². The van der Waals surface area contributed by atoms with E-state index in [4.69, 9.17) is 14.0 Å². The molecule has 0 saturated carbocycles. The Balaban J connectivity index is 1.65. The van der Waals surface area contributed by atoms with Crippen molar-refractivity contribution in [3.8, 4) is 27.4 Å². The first-order chi connectivity index (χ1) is 13.4. The number of benzene rings is 1. The second kappa shape index (κ2) is 8.70. The second-order valence-electron chi connectivity index (χ2n) is 6.04. The SMILES string of the molecule is COC(=O)NC(C)c1nc(-c2cnc(Oc3ccc(OC(C)C)cc3)s2)no1. The predicted octanol–water partition coefficient (Wildman–Crippen LogP) is 4.19. The number of carbonyl (C=O) groups excluding carboxylic acids is 1. The van der Waals surface area contributed by atoms with Gasteiger partial charge in [-0.1, -0.05) is 16.5 Å². The molecule has 3 aromatic rings. The lowest BCUT2D eigenvalue weighted by atomic mass is 10.3. The molecule has 1 N–H and O–H groups in total. The van der Waals surface area contributed by atoms with Gasteiger partial charge in [-0.2, -0.15) is 4.98 Å². The number of thiazole rings is 1. The van der Waals surface area contributed by atoms with Gasteiger partial charge in [0.05, 0.1) is 24.3 Å². The van der Waals surface area contributed by atoms with Gasteiger partial charge in [0.1, 0.15) is 17.5 Å². The fourth-order valence-corrected chi connectivity index (χ4v) is 2.89. The molecule has 28 heavy (non-hydrogen) atoms. The quantitative estimate of drug-likeness (QED) is 0.624. The zero-order valence-corrected chi connectivity index (χ0v) is 16.6. The molecule has 148 valence electrons. The Morgan fingerprint density at radius 2 is 1.89 bits per heavy atom. The molecule has 0 saturated heterocycles. The number of alkyl carbamates (subject to hydrolysis) is 1. The molecule has 0 radical (unpaired) electrons. The predicted molar refractivity (Wildman–Crippen MR) is 102 cm³/mol. The van der Waals surface area contributed by atoms with Gasteiger partial charge < -0.3 is 24.1 Å². The lowest BCUT2D eigenvalue weighted by Gasteiger charge is -2.09. The number of ether oxygens (including phenoxy) is 3. The molecular formula is C18H20N4O5S. The molecule has 0 aliphatic heterocycles. The monoisotopic (exact) mass is 404 g/mol. The van der Waals surface area contributed by atoms with Crippen LogP contribution in [-0.2, 0) is 4.74 Å². The van der Waals surface area contributed by atoms with E-state index in [1.165, 1.54) is 18.4 Å². The van der Waals surface area contributed by atoms with Gasteiger partial charge in [-0.3, -0.25) is 0 Å². The van der Waals surface area contributed by atoms with E-state index in [0.29, 0.717) is 21.6 Å². The molecule has 0 aliphatic carbocycles.